The van der Waals surface area contributed by atoms with Gasteiger partial charge in [0.2, 0.25) is 0 Å². The van der Waals surface area contributed by atoms with E-state index in [0.717, 1.165) is 6.20 Å². The zero-order valence-corrected chi connectivity index (χ0v) is 10.5. The molecule has 0 amide bonds. The molecule has 8 heteroatoms. The minimum absolute atomic E-state index is 0.0532. The van der Waals surface area contributed by atoms with Crippen LogP contribution in [-0.2, 0) is 26.3 Å². The average Bonchev–Trinajstić information content (AvgIpc) is 2.86. The van der Waals surface area contributed by atoms with Crippen molar-refractivity contribution >= 4 is 0 Å². The van der Waals surface area contributed by atoms with Gasteiger partial charge < -0.3 is 9.73 Å². The first-order valence-corrected chi connectivity index (χ1v) is 5.57. The second kappa shape index (κ2) is 5.04. The van der Waals surface area contributed by atoms with Crippen molar-refractivity contribution in [2.24, 2.45) is 7.05 Å². The van der Waals surface area contributed by atoms with Gasteiger partial charge in [-0.2, -0.15) is 18.3 Å². The SMILES string of the molecule is Cc1ocnc1CNCc1c(C(F)(F)F)cnn1C. The molecule has 19 heavy (non-hydrogen) atoms. The van der Waals surface area contributed by atoms with Crippen molar-refractivity contribution in [2.45, 2.75) is 26.2 Å². The van der Waals surface area contributed by atoms with Gasteiger partial charge in [0.25, 0.3) is 0 Å². The summed E-state index contributed by atoms with van der Waals surface area (Å²) in [6.07, 6.45) is -2.26. The molecule has 1 N–H and O–H groups in total. The number of aryl methyl sites for hydroxylation is 2. The summed E-state index contributed by atoms with van der Waals surface area (Å²) >= 11 is 0. The van der Waals surface area contributed by atoms with Crippen molar-refractivity contribution in [1.29, 1.82) is 0 Å². The summed E-state index contributed by atoms with van der Waals surface area (Å²) in [4.78, 5) is 3.95. The predicted molar refractivity (Wildman–Crippen MR) is 60.0 cm³/mol. The summed E-state index contributed by atoms with van der Waals surface area (Å²) in [5.74, 6) is 0.647. The van der Waals surface area contributed by atoms with E-state index >= 15 is 0 Å². The first kappa shape index (κ1) is 13.6. The predicted octanol–water partition coefficient (Wildman–Crippen LogP) is 2.03. The fourth-order valence-electron chi connectivity index (χ4n) is 1.71. The highest BCUT2D eigenvalue weighted by atomic mass is 19.4. The lowest BCUT2D eigenvalue weighted by atomic mass is 10.2. The van der Waals surface area contributed by atoms with Crippen molar-refractivity contribution in [3.63, 3.8) is 0 Å². The fraction of sp³-hybridized carbons (Fsp3) is 0.455. The Kier molecular flexibility index (Phi) is 3.61. The van der Waals surface area contributed by atoms with Crippen molar-refractivity contribution in [3.05, 3.63) is 35.3 Å². The third-order valence-corrected chi connectivity index (χ3v) is 2.80. The summed E-state index contributed by atoms with van der Waals surface area (Å²) < 4.78 is 44.4. The van der Waals surface area contributed by atoms with E-state index in [1.807, 2.05) is 0 Å². The van der Waals surface area contributed by atoms with Gasteiger partial charge in [-0.05, 0) is 6.92 Å². The topological polar surface area (TPSA) is 55.9 Å². The summed E-state index contributed by atoms with van der Waals surface area (Å²) in [7, 11) is 1.48. The molecule has 0 aliphatic heterocycles. The Morgan fingerprint density at radius 1 is 1.37 bits per heavy atom. The maximum absolute atomic E-state index is 12.7. The summed E-state index contributed by atoms with van der Waals surface area (Å²) in [5, 5.41) is 6.54. The zero-order chi connectivity index (χ0) is 14.0. The van der Waals surface area contributed by atoms with Crippen LogP contribution >= 0.6 is 0 Å². The molecule has 0 atom stereocenters. The first-order chi connectivity index (χ1) is 8.89. The molecule has 0 aromatic carbocycles. The third kappa shape index (κ3) is 2.95. The first-order valence-electron chi connectivity index (χ1n) is 5.57. The lowest BCUT2D eigenvalue weighted by molar-refractivity contribution is -0.138. The number of nitrogens with one attached hydrogen (secondary N) is 1. The lowest BCUT2D eigenvalue weighted by Gasteiger charge is -2.09. The number of hydrogen-bond donors (Lipinski definition) is 1. The molecule has 0 aliphatic rings. The van der Waals surface area contributed by atoms with E-state index in [9.17, 15) is 13.2 Å². The third-order valence-electron chi connectivity index (χ3n) is 2.80. The highest BCUT2D eigenvalue weighted by Crippen LogP contribution is 2.31. The highest BCUT2D eigenvalue weighted by molar-refractivity contribution is 5.21. The van der Waals surface area contributed by atoms with Gasteiger partial charge in [0.1, 0.15) is 5.76 Å². The Balaban J connectivity index is 2.04. The van der Waals surface area contributed by atoms with Crippen LogP contribution in [0.1, 0.15) is 22.7 Å². The lowest BCUT2D eigenvalue weighted by Crippen LogP contribution is -2.19. The number of aromatic nitrogens is 3. The van der Waals surface area contributed by atoms with Crippen molar-refractivity contribution in [3.8, 4) is 0 Å². The van der Waals surface area contributed by atoms with Crippen LogP contribution in [-0.4, -0.2) is 14.8 Å². The van der Waals surface area contributed by atoms with Gasteiger partial charge in [0.05, 0.1) is 23.1 Å². The van der Waals surface area contributed by atoms with E-state index in [-0.39, 0.29) is 12.2 Å². The van der Waals surface area contributed by atoms with Crippen LogP contribution < -0.4 is 5.32 Å². The molecule has 0 saturated heterocycles. The Labute approximate surface area is 107 Å². The number of nitrogens with zero attached hydrogens (tertiary/aromatic N) is 3. The second-order valence-electron chi connectivity index (χ2n) is 4.09. The van der Waals surface area contributed by atoms with Gasteiger partial charge in [-0.1, -0.05) is 0 Å². The highest BCUT2D eigenvalue weighted by Gasteiger charge is 2.35. The minimum Gasteiger partial charge on any atom is -0.448 e. The maximum Gasteiger partial charge on any atom is 0.419 e. The van der Waals surface area contributed by atoms with Gasteiger partial charge in [0.15, 0.2) is 6.39 Å². The monoisotopic (exact) mass is 274 g/mol. The van der Waals surface area contributed by atoms with E-state index in [1.54, 1.807) is 6.92 Å². The molecule has 5 nitrogen and oxygen atoms in total. The number of alkyl halides is 3. The molecule has 0 aliphatic carbocycles. The van der Waals surface area contributed by atoms with Gasteiger partial charge in [-0.3, -0.25) is 4.68 Å². The maximum atomic E-state index is 12.7. The van der Waals surface area contributed by atoms with Gasteiger partial charge >= 0.3 is 6.18 Å². The summed E-state index contributed by atoms with van der Waals surface area (Å²) in [6.45, 7) is 2.14. The molecular formula is C11H13F3N4O. The molecule has 2 heterocycles. The molecule has 0 unspecified atom stereocenters. The molecule has 104 valence electrons. The van der Waals surface area contributed by atoms with Crippen molar-refractivity contribution in [1.82, 2.24) is 20.1 Å². The summed E-state index contributed by atoms with van der Waals surface area (Å²) in [6, 6.07) is 0. The van der Waals surface area contributed by atoms with Gasteiger partial charge in [-0.25, -0.2) is 4.98 Å². The Morgan fingerprint density at radius 2 is 2.11 bits per heavy atom. The summed E-state index contributed by atoms with van der Waals surface area (Å²) in [5.41, 5.74) is 0.0451. The molecule has 0 radical (unpaired) electrons. The molecule has 0 fully saturated rings. The van der Waals surface area contributed by atoms with Crippen molar-refractivity contribution < 1.29 is 17.6 Å². The van der Waals surface area contributed by atoms with E-state index in [1.165, 1.54) is 18.1 Å². The molecular weight excluding hydrogens is 261 g/mol. The Hall–Kier alpha value is -1.83. The number of rotatable bonds is 4. The molecule has 0 bridgehead atoms. The van der Waals surface area contributed by atoms with Crippen LogP contribution in [0.5, 0.6) is 0 Å². The second-order valence-corrected chi connectivity index (χ2v) is 4.09. The smallest absolute Gasteiger partial charge is 0.419 e. The largest absolute Gasteiger partial charge is 0.448 e. The van der Waals surface area contributed by atoms with E-state index in [4.69, 9.17) is 4.42 Å². The normalized spacial score (nSPS) is 12.1. The molecule has 2 rings (SSSR count). The Morgan fingerprint density at radius 3 is 2.68 bits per heavy atom. The van der Waals surface area contributed by atoms with E-state index in [2.05, 4.69) is 15.4 Å². The average molecular weight is 274 g/mol. The fourth-order valence-corrected chi connectivity index (χ4v) is 1.71. The zero-order valence-electron chi connectivity index (χ0n) is 10.5. The molecule has 0 spiro atoms. The Bertz CT molecular complexity index is 559. The van der Waals surface area contributed by atoms with Crippen LogP contribution in [0.15, 0.2) is 17.0 Å². The van der Waals surface area contributed by atoms with Gasteiger partial charge in [0, 0.05) is 20.1 Å². The number of oxazole rings is 1. The number of halogens is 3. The number of hydrogen-bond acceptors (Lipinski definition) is 4. The quantitative estimate of drug-likeness (QED) is 0.926. The van der Waals surface area contributed by atoms with Crippen molar-refractivity contribution in [2.75, 3.05) is 0 Å². The molecule has 2 aromatic rings. The van der Waals surface area contributed by atoms with Crippen LogP contribution in [0.2, 0.25) is 0 Å². The molecule has 2 aromatic heterocycles. The minimum atomic E-state index is -4.39. The van der Waals surface area contributed by atoms with Crippen LogP contribution in [0.3, 0.4) is 0 Å². The molecule has 0 saturated carbocycles. The van der Waals surface area contributed by atoms with Gasteiger partial charge in [-0.15, -0.1) is 0 Å². The van der Waals surface area contributed by atoms with Crippen LogP contribution in [0.25, 0.3) is 0 Å². The van der Waals surface area contributed by atoms with Crippen LogP contribution in [0.4, 0.5) is 13.2 Å². The van der Waals surface area contributed by atoms with Crippen LogP contribution in [0, 0.1) is 6.92 Å². The van der Waals surface area contributed by atoms with E-state index in [0.29, 0.717) is 18.0 Å². The van der Waals surface area contributed by atoms with E-state index < -0.39 is 11.7 Å². The standard InChI is InChI=1S/C11H13F3N4O/c1-7-9(16-6-19-7)4-15-5-10-8(11(12,13)14)3-17-18(10)2/h3,6,15H,4-5H2,1-2H3.